The van der Waals surface area contributed by atoms with Gasteiger partial charge in [0.25, 0.3) is 0 Å². The van der Waals surface area contributed by atoms with Crippen molar-refractivity contribution in [3.05, 3.63) is 0 Å². The molecule has 0 aromatic heterocycles. The lowest BCUT2D eigenvalue weighted by atomic mass is 9.96. The van der Waals surface area contributed by atoms with Crippen LogP contribution in [0.4, 0.5) is 0 Å². The molecule has 0 saturated heterocycles. The first-order chi connectivity index (χ1) is 10.0. The maximum Gasteiger partial charge on any atom is 0.146 e. The van der Waals surface area contributed by atoms with E-state index in [9.17, 15) is 10.2 Å². The molecule has 5 atom stereocenters. The molecule has 21 heavy (non-hydrogen) atoms. The van der Waals surface area contributed by atoms with E-state index < -0.39 is 30.0 Å². The summed E-state index contributed by atoms with van der Waals surface area (Å²) in [6.07, 6.45) is -2.95. The highest BCUT2D eigenvalue weighted by Gasteiger charge is 2.60. The Morgan fingerprint density at radius 1 is 1.00 bits per heavy atom. The summed E-state index contributed by atoms with van der Waals surface area (Å²) >= 11 is 0. The van der Waals surface area contributed by atoms with Gasteiger partial charge in [0.2, 0.25) is 0 Å². The van der Waals surface area contributed by atoms with E-state index in [0.29, 0.717) is 0 Å². The van der Waals surface area contributed by atoms with E-state index >= 15 is 0 Å². The highest BCUT2D eigenvalue weighted by molar-refractivity contribution is 5.13. The molecule has 9 heteroatoms. The van der Waals surface area contributed by atoms with E-state index in [4.69, 9.17) is 34.2 Å². The van der Waals surface area contributed by atoms with Gasteiger partial charge in [0.15, 0.2) is 0 Å². The number of aliphatic hydroxyl groups is 2. The second kappa shape index (κ2) is 8.93. The summed E-state index contributed by atoms with van der Waals surface area (Å²) in [5.74, 6) is 0. The van der Waals surface area contributed by atoms with Crippen molar-refractivity contribution in [2.45, 2.75) is 30.0 Å². The van der Waals surface area contributed by atoms with E-state index in [0.717, 1.165) is 0 Å². The zero-order chi connectivity index (χ0) is 15.9. The maximum absolute atomic E-state index is 10.7. The van der Waals surface area contributed by atoms with Gasteiger partial charge in [-0.05, 0) is 0 Å². The molecule has 1 saturated carbocycles. The molecule has 126 valence electrons. The highest BCUT2D eigenvalue weighted by Crippen LogP contribution is 2.35. The van der Waals surface area contributed by atoms with Crippen molar-refractivity contribution in [3.63, 3.8) is 0 Å². The van der Waals surface area contributed by atoms with Crippen molar-refractivity contribution in [1.29, 1.82) is 0 Å². The van der Waals surface area contributed by atoms with Crippen LogP contribution in [-0.4, -0.2) is 88.5 Å². The molecule has 0 bridgehead atoms. The summed E-state index contributed by atoms with van der Waals surface area (Å²) in [6, 6.07) is -1.02. The molecule has 0 amide bonds. The van der Waals surface area contributed by atoms with Gasteiger partial charge in [0.1, 0.15) is 44.3 Å². The number of hydrogen-bond acceptors (Lipinski definition) is 9. The molecule has 0 unspecified atom stereocenters. The van der Waals surface area contributed by atoms with Crippen molar-refractivity contribution >= 4 is 0 Å². The lowest BCUT2D eigenvalue weighted by molar-refractivity contribution is -0.212. The molecule has 0 aliphatic heterocycles. The Balaban J connectivity index is 2.84. The molecule has 1 aliphatic carbocycles. The first-order valence-electron chi connectivity index (χ1n) is 6.46. The smallest absolute Gasteiger partial charge is 0.146 e. The average molecular weight is 311 g/mol. The fraction of sp³-hybridized carbons (Fsp3) is 1.00. The van der Waals surface area contributed by atoms with Gasteiger partial charge in [-0.15, -0.1) is 0 Å². The van der Waals surface area contributed by atoms with Gasteiger partial charge in [-0.25, -0.2) is 0 Å². The minimum absolute atomic E-state index is 0.0221. The van der Waals surface area contributed by atoms with Gasteiger partial charge in [-0.1, -0.05) is 0 Å². The third-order valence-corrected chi connectivity index (χ3v) is 3.35. The van der Waals surface area contributed by atoms with Crippen LogP contribution in [0.5, 0.6) is 0 Å². The number of ether oxygens (including phenoxy) is 6. The van der Waals surface area contributed by atoms with Crippen LogP contribution in [0.3, 0.4) is 0 Å². The zero-order valence-corrected chi connectivity index (χ0v) is 12.6. The number of hydrogen-bond donors (Lipinski definition) is 3. The zero-order valence-electron chi connectivity index (χ0n) is 12.6. The molecule has 0 radical (unpaired) electrons. The van der Waals surface area contributed by atoms with Crippen LogP contribution in [0.1, 0.15) is 0 Å². The Labute approximate surface area is 123 Å². The number of rotatable bonds is 10. The quantitative estimate of drug-likeness (QED) is 0.311. The summed E-state index contributed by atoms with van der Waals surface area (Å²) < 4.78 is 30.4. The molecule has 4 N–H and O–H groups in total. The monoisotopic (exact) mass is 311 g/mol. The van der Waals surface area contributed by atoms with Crippen LogP contribution in [-0.2, 0) is 28.4 Å². The predicted molar refractivity (Wildman–Crippen MR) is 70.3 cm³/mol. The summed E-state index contributed by atoms with van der Waals surface area (Å²) in [6.45, 7) is -0.369. The molecule has 0 heterocycles. The van der Waals surface area contributed by atoms with Crippen molar-refractivity contribution < 1.29 is 38.6 Å². The largest absolute Gasteiger partial charge is 0.389 e. The van der Waals surface area contributed by atoms with Gasteiger partial charge in [-0.2, -0.15) is 0 Å². The third-order valence-electron chi connectivity index (χ3n) is 3.35. The van der Waals surface area contributed by atoms with Crippen LogP contribution in [0.15, 0.2) is 0 Å². The van der Waals surface area contributed by atoms with Crippen molar-refractivity contribution in [2.75, 3.05) is 48.3 Å². The van der Waals surface area contributed by atoms with Crippen LogP contribution in [0.25, 0.3) is 0 Å². The standard InChI is InChI=1S/C12H25NO8/c1-16-5-19-4-12(15)10(13)8(14)9(20-6-17-2)11(12)21-7-18-3/h8-11,14-15H,4-7,13H2,1-3H3/t8-,9-,10-,11+,12+/m1/s1. The second-order valence-electron chi connectivity index (χ2n) is 4.79. The van der Waals surface area contributed by atoms with Crippen LogP contribution in [0.2, 0.25) is 0 Å². The Morgan fingerprint density at radius 2 is 1.57 bits per heavy atom. The minimum atomic E-state index is -1.64. The first kappa shape index (κ1) is 18.7. The number of aliphatic hydroxyl groups excluding tert-OH is 1. The van der Waals surface area contributed by atoms with Crippen LogP contribution < -0.4 is 5.73 Å². The van der Waals surface area contributed by atoms with E-state index in [1.165, 1.54) is 21.3 Å². The van der Waals surface area contributed by atoms with Gasteiger partial charge in [-0.3, -0.25) is 0 Å². The van der Waals surface area contributed by atoms with Crippen LogP contribution in [0, 0.1) is 0 Å². The maximum atomic E-state index is 10.7. The molecule has 1 fully saturated rings. The molecule has 1 rings (SSSR count). The summed E-state index contributed by atoms with van der Waals surface area (Å²) in [5, 5.41) is 20.9. The first-order valence-corrected chi connectivity index (χ1v) is 6.46. The lowest BCUT2D eigenvalue weighted by Crippen LogP contribution is -2.57. The Hall–Kier alpha value is -0.360. The molecular formula is C12H25NO8. The van der Waals surface area contributed by atoms with E-state index in [1.54, 1.807) is 0 Å². The Morgan fingerprint density at radius 3 is 2.14 bits per heavy atom. The Kier molecular flexibility index (Phi) is 7.95. The minimum Gasteiger partial charge on any atom is -0.389 e. The summed E-state index contributed by atoms with van der Waals surface area (Å²) in [4.78, 5) is 0. The molecule has 1 aliphatic rings. The summed E-state index contributed by atoms with van der Waals surface area (Å²) in [5.41, 5.74) is 4.26. The van der Waals surface area contributed by atoms with Gasteiger partial charge in [0.05, 0.1) is 12.6 Å². The molecule has 0 aromatic rings. The van der Waals surface area contributed by atoms with E-state index in [-0.39, 0.29) is 27.0 Å². The van der Waals surface area contributed by atoms with Crippen molar-refractivity contribution in [1.82, 2.24) is 0 Å². The van der Waals surface area contributed by atoms with Gasteiger partial charge >= 0.3 is 0 Å². The predicted octanol–water partition coefficient (Wildman–Crippen LogP) is -1.98. The molecule has 0 spiro atoms. The molecule has 0 aromatic carbocycles. The molecule has 9 nitrogen and oxygen atoms in total. The number of methoxy groups -OCH3 is 3. The molecular weight excluding hydrogens is 286 g/mol. The average Bonchev–Trinajstić information content (AvgIpc) is 2.65. The summed E-state index contributed by atoms with van der Waals surface area (Å²) in [7, 11) is 4.34. The van der Waals surface area contributed by atoms with Crippen molar-refractivity contribution in [3.8, 4) is 0 Å². The van der Waals surface area contributed by atoms with Gasteiger partial charge in [0, 0.05) is 21.3 Å². The van der Waals surface area contributed by atoms with E-state index in [2.05, 4.69) is 0 Å². The lowest BCUT2D eigenvalue weighted by Gasteiger charge is -2.33. The highest BCUT2D eigenvalue weighted by atomic mass is 16.7. The van der Waals surface area contributed by atoms with Crippen molar-refractivity contribution in [2.24, 2.45) is 5.73 Å². The van der Waals surface area contributed by atoms with Gasteiger partial charge < -0.3 is 44.4 Å². The Bertz CT molecular complexity index is 294. The number of nitrogens with two attached hydrogens (primary N) is 1. The SMILES string of the molecule is COCOC[C@]1(O)[C@H](N)[C@H](O)[C@@H](OCOC)[C@@H]1OCOC. The van der Waals surface area contributed by atoms with E-state index in [1.807, 2.05) is 0 Å². The second-order valence-corrected chi connectivity index (χ2v) is 4.79. The fourth-order valence-electron chi connectivity index (χ4n) is 2.33. The third kappa shape index (κ3) is 4.31. The normalized spacial score (nSPS) is 36.3. The fourth-order valence-corrected chi connectivity index (χ4v) is 2.33. The van der Waals surface area contributed by atoms with Crippen LogP contribution >= 0.6 is 0 Å². The topological polar surface area (TPSA) is 122 Å².